The predicted molar refractivity (Wildman–Crippen MR) is 102 cm³/mol. The van der Waals surface area contributed by atoms with Crippen molar-refractivity contribution in [3.05, 3.63) is 69.6 Å². The Labute approximate surface area is 158 Å². The summed E-state index contributed by atoms with van der Waals surface area (Å²) in [5, 5.41) is 3.80. The van der Waals surface area contributed by atoms with Crippen LogP contribution in [0.25, 0.3) is 10.9 Å². The maximum Gasteiger partial charge on any atom is 0.407 e. The van der Waals surface area contributed by atoms with Crippen LogP contribution in [0.1, 0.15) is 23.2 Å². The molecule has 134 valence electrons. The van der Waals surface area contributed by atoms with E-state index in [1.165, 1.54) is 6.07 Å². The number of carbonyl (C=O) groups is 1. The van der Waals surface area contributed by atoms with Crippen LogP contribution in [0, 0.1) is 5.82 Å². The van der Waals surface area contributed by atoms with Crippen molar-refractivity contribution >= 4 is 32.9 Å². The Morgan fingerprint density at radius 2 is 2.12 bits per heavy atom. The highest BCUT2D eigenvalue weighted by molar-refractivity contribution is 9.10. The third kappa shape index (κ3) is 3.46. The van der Waals surface area contributed by atoms with Crippen LogP contribution in [0.3, 0.4) is 0 Å². The van der Waals surface area contributed by atoms with Gasteiger partial charge in [0, 0.05) is 21.6 Å². The molecule has 26 heavy (non-hydrogen) atoms. The number of benzene rings is 2. The molecule has 1 atom stereocenters. The van der Waals surface area contributed by atoms with E-state index in [9.17, 15) is 9.18 Å². The van der Waals surface area contributed by atoms with Gasteiger partial charge in [0.25, 0.3) is 0 Å². The molecule has 0 fully saturated rings. The number of aryl methyl sites for hydroxylation is 1. The zero-order valence-corrected chi connectivity index (χ0v) is 15.6. The van der Waals surface area contributed by atoms with Gasteiger partial charge in [-0.3, -0.25) is 0 Å². The molecule has 2 aromatic carbocycles. The molecule has 6 heteroatoms. The fourth-order valence-corrected chi connectivity index (χ4v) is 4.03. The van der Waals surface area contributed by atoms with Crippen molar-refractivity contribution in [1.29, 1.82) is 0 Å². The second-order valence-electron chi connectivity index (χ2n) is 6.54. The van der Waals surface area contributed by atoms with Gasteiger partial charge in [0.1, 0.15) is 12.4 Å². The number of carbonyl (C=O) groups excluding carboxylic acids is 1. The summed E-state index contributed by atoms with van der Waals surface area (Å²) in [4.78, 5) is 15.5. The minimum atomic E-state index is -0.422. The van der Waals surface area contributed by atoms with Gasteiger partial charge in [-0.05, 0) is 58.5 Å². The molecule has 1 aliphatic carbocycles. The Morgan fingerprint density at radius 3 is 2.92 bits per heavy atom. The molecular weight excluding hydrogens is 399 g/mol. The third-order valence-corrected chi connectivity index (χ3v) is 5.37. The SMILES string of the molecule is O=C(N[C@@H]1CCc2[nH]c3c(Br)cc(F)cc3c2C1)OCc1ccccc1. The van der Waals surface area contributed by atoms with E-state index in [1.807, 2.05) is 30.3 Å². The quantitative estimate of drug-likeness (QED) is 0.640. The van der Waals surface area contributed by atoms with E-state index in [0.717, 1.165) is 40.6 Å². The zero-order chi connectivity index (χ0) is 18.1. The lowest BCUT2D eigenvalue weighted by Crippen LogP contribution is -2.39. The molecule has 0 spiro atoms. The highest BCUT2D eigenvalue weighted by Gasteiger charge is 2.25. The van der Waals surface area contributed by atoms with Crippen molar-refractivity contribution in [3.8, 4) is 0 Å². The minimum absolute atomic E-state index is 0.0215. The first kappa shape index (κ1) is 17.1. The van der Waals surface area contributed by atoms with E-state index in [-0.39, 0.29) is 18.5 Å². The highest BCUT2D eigenvalue weighted by atomic mass is 79.9. The van der Waals surface area contributed by atoms with Gasteiger partial charge in [-0.25, -0.2) is 9.18 Å². The summed E-state index contributed by atoms with van der Waals surface area (Å²) in [5.41, 5.74) is 4.04. The maximum absolute atomic E-state index is 13.8. The van der Waals surface area contributed by atoms with Gasteiger partial charge in [0.05, 0.1) is 5.52 Å². The van der Waals surface area contributed by atoms with E-state index in [0.29, 0.717) is 10.9 Å². The van der Waals surface area contributed by atoms with Crippen molar-refractivity contribution < 1.29 is 13.9 Å². The molecule has 0 saturated carbocycles. The summed E-state index contributed by atoms with van der Waals surface area (Å²) in [6.07, 6.45) is 1.86. The van der Waals surface area contributed by atoms with Gasteiger partial charge in [0.15, 0.2) is 0 Å². The Morgan fingerprint density at radius 1 is 1.31 bits per heavy atom. The maximum atomic E-state index is 13.8. The Hall–Kier alpha value is -2.34. The van der Waals surface area contributed by atoms with E-state index in [2.05, 4.69) is 26.2 Å². The number of amides is 1. The number of hydrogen-bond acceptors (Lipinski definition) is 2. The summed E-state index contributed by atoms with van der Waals surface area (Å²) >= 11 is 3.41. The number of halogens is 2. The molecule has 1 aromatic heterocycles. The van der Waals surface area contributed by atoms with Gasteiger partial charge < -0.3 is 15.0 Å². The Kier molecular flexibility index (Phi) is 4.68. The number of fused-ring (bicyclic) bond motifs is 3. The molecule has 1 amide bonds. The van der Waals surface area contributed by atoms with E-state index >= 15 is 0 Å². The fraction of sp³-hybridized carbons (Fsp3) is 0.250. The van der Waals surface area contributed by atoms with Crippen LogP contribution in [0.2, 0.25) is 0 Å². The highest BCUT2D eigenvalue weighted by Crippen LogP contribution is 2.33. The standard InChI is InChI=1S/C20H18BrFN2O2/c21-17-9-13(22)8-16-15-10-14(6-7-18(15)24-19(16)17)23-20(25)26-11-12-4-2-1-3-5-12/h1-5,8-9,14,24H,6-7,10-11H2,(H,23,25)/t14-/m1/s1. The monoisotopic (exact) mass is 416 g/mol. The topological polar surface area (TPSA) is 54.1 Å². The molecule has 4 rings (SSSR count). The number of rotatable bonds is 3. The minimum Gasteiger partial charge on any atom is -0.445 e. The summed E-state index contributed by atoms with van der Waals surface area (Å²) in [5.74, 6) is -0.275. The van der Waals surface area contributed by atoms with Gasteiger partial charge >= 0.3 is 6.09 Å². The summed E-state index contributed by atoms with van der Waals surface area (Å²) < 4.78 is 19.8. The van der Waals surface area contributed by atoms with E-state index in [4.69, 9.17) is 4.74 Å². The lowest BCUT2D eigenvalue weighted by molar-refractivity contribution is 0.134. The van der Waals surface area contributed by atoms with Crippen LogP contribution < -0.4 is 5.32 Å². The van der Waals surface area contributed by atoms with E-state index < -0.39 is 6.09 Å². The first-order valence-electron chi connectivity index (χ1n) is 8.56. The predicted octanol–water partition coefficient (Wildman–Crippen LogP) is 4.85. The van der Waals surface area contributed by atoms with Crippen molar-refractivity contribution in [2.24, 2.45) is 0 Å². The van der Waals surface area contributed by atoms with Crippen LogP contribution in [-0.2, 0) is 24.2 Å². The zero-order valence-electron chi connectivity index (χ0n) is 14.0. The number of H-pyrrole nitrogens is 1. The fourth-order valence-electron chi connectivity index (χ4n) is 3.50. The van der Waals surface area contributed by atoms with Crippen LogP contribution >= 0.6 is 15.9 Å². The number of aromatic nitrogens is 1. The average molecular weight is 417 g/mol. The summed E-state index contributed by atoms with van der Waals surface area (Å²) in [6.45, 7) is 0.246. The lowest BCUT2D eigenvalue weighted by Gasteiger charge is -2.23. The number of hydrogen-bond donors (Lipinski definition) is 2. The molecule has 0 saturated heterocycles. The average Bonchev–Trinajstić information content (AvgIpc) is 2.99. The van der Waals surface area contributed by atoms with Gasteiger partial charge in [0.2, 0.25) is 0 Å². The third-order valence-electron chi connectivity index (χ3n) is 4.75. The van der Waals surface area contributed by atoms with E-state index in [1.54, 1.807) is 6.07 Å². The molecule has 0 aliphatic heterocycles. The summed E-state index contributed by atoms with van der Waals surface area (Å²) in [6, 6.07) is 12.6. The van der Waals surface area contributed by atoms with Crippen molar-refractivity contribution in [2.75, 3.05) is 0 Å². The second kappa shape index (κ2) is 7.11. The first-order valence-corrected chi connectivity index (χ1v) is 9.35. The Bertz CT molecular complexity index is 955. The van der Waals surface area contributed by atoms with Crippen molar-refractivity contribution in [3.63, 3.8) is 0 Å². The van der Waals surface area contributed by atoms with Gasteiger partial charge in [-0.1, -0.05) is 30.3 Å². The smallest absolute Gasteiger partial charge is 0.407 e. The molecule has 2 N–H and O–H groups in total. The van der Waals surface area contributed by atoms with Crippen LogP contribution in [0.15, 0.2) is 46.9 Å². The molecule has 0 unspecified atom stereocenters. The largest absolute Gasteiger partial charge is 0.445 e. The lowest BCUT2D eigenvalue weighted by atomic mass is 9.91. The van der Waals surface area contributed by atoms with Crippen molar-refractivity contribution in [1.82, 2.24) is 10.3 Å². The normalized spacial score (nSPS) is 16.3. The van der Waals surface area contributed by atoms with Crippen molar-refractivity contribution in [2.45, 2.75) is 31.9 Å². The molecule has 0 radical (unpaired) electrons. The molecule has 1 aliphatic rings. The van der Waals surface area contributed by atoms with Crippen LogP contribution in [-0.4, -0.2) is 17.1 Å². The number of alkyl carbamates (subject to hydrolysis) is 1. The Balaban J connectivity index is 1.44. The molecular formula is C20H18BrFN2O2. The number of ether oxygens (including phenoxy) is 1. The second-order valence-corrected chi connectivity index (χ2v) is 7.39. The van der Waals surface area contributed by atoms with Gasteiger partial charge in [-0.2, -0.15) is 0 Å². The molecule has 3 aromatic rings. The summed E-state index contributed by atoms with van der Waals surface area (Å²) in [7, 11) is 0. The first-order chi connectivity index (χ1) is 12.6. The molecule has 1 heterocycles. The molecule has 4 nitrogen and oxygen atoms in total. The van der Waals surface area contributed by atoms with Gasteiger partial charge in [-0.15, -0.1) is 0 Å². The number of nitrogens with one attached hydrogen (secondary N) is 2. The van der Waals surface area contributed by atoms with Crippen LogP contribution in [0.5, 0.6) is 0 Å². The molecule has 0 bridgehead atoms. The number of aromatic amines is 1. The van der Waals surface area contributed by atoms with Crippen LogP contribution in [0.4, 0.5) is 9.18 Å².